The Bertz CT molecular complexity index is 361. The topological polar surface area (TPSA) is 55.1 Å². The molecule has 0 aliphatic heterocycles. The van der Waals surface area contributed by atoms with Crippen molar-refractivity contribution in [3.8, 4) is 0 Å². The Balaban J connectivity index is 3.25. The molecule has 3 heteroatoms. The lowest BCUT2D eigenvalue weighted by Crippen LogP contribution is -2.34. The Hall–Kier alpha value is -1.09. The molecule has 3 nitrogen and oxygen atoms in total. The summed E-state index contributed by atoms with van der Waals surface area (Å²) in [7, 11) is 0. The van der Waals surface area contributed by atoms with Gasteiger partial charge in [-0.05, 0) is 26.2 Å². The first-order valence-corrected chi connectivity index (χ1v) is 9.81. The number of unbranched alkanes of at least 4 members (excludes halogenated alkanes) is 9. The largest absolute Gasteiger partial charge is 0.352 e. The number of nitrogens with one attached hydrogen (secondary N) is 1. The highest BCUT2D eigenvalue weighted by Crippen LogP contribution is 2.17. The van der Waals surface area contributed by atoms with Gasteiger partial charge < -0.3 is 11.1 Å². The third kappa shape index (κ3) is 13.4. The lowest BCUT2D eigenvalue weighted by Gasteiger charge is -2.22. The van der Waals surface area contributed by atoms with Crippen LogP contribution in [0.3, 0.4) is 0 Å². The molecule has 1 atom stereocenters. The number of carbonyl (C=O) groups excluding carboxylic acids is 1. The molecule has 3 N–H and O–H groups in total. The van der Waals surface area contributed by atoms with Gasteiger partial charge in [-0.15, -0.1) is 0 Å². The molecule has 140 valence electrons. The number of hydrogen-bond acceptors (Lipinski definition) is 2. The molecule has 0 aliphatic rings. The van der Waals surface area contributed by atoms with Crippen LogP contribution >= 0.6 is 0 Å². The zero-order chi connectivity index (χ0) is 18.3. The van der Waals surface area contributed by atoms with Crippen molar-refractivity contribution >= 4 is 5.91 Å². The molecule has 0 aromatic heterocycles. The summed E-state index contributed by atoms with van der Waals surface area (Å²) in [6.07, 6.45) is 16.5. The van der Waals surface area contributed by atoms with E-state index in [1.165, 1.54) is 63.9 Å². The molecule has 0 aromatic carbocycles. The maximum Gasteiger partial charge on any atom is 0.250 e. The Labute approximate surface area is 150 Å². The second-order valence-corrected chi connectivity index (χ2v) is 7.28. The molecule has 0 fully saturated rings. The lowest BCUT2D eigenvalue weighted by atomic mass is 9.92. The third-order valence-corrected chi connectivity index (χ3v) is 4.81. The average Bonchev–Trinajstić information content (AvgIpc) is 2.57. The monoisotopic (exact) mass is 336 g/mol. The number of carbonyl (C=O) groups is 1. The van der Waals surface area contributed by atoms with Crippen molar-refractivity contribution in [2.45, 2.75) is 96.4 Å². The van der Waals surface area contributed by atoms with E-state index >= 15 is 0 Å². The fourth-order valence-corrected chi connectivity index (χ4v) is 2.65. The summed E-state index contributed by atoms with van der Waals surface area (Å²) in [5.74, 6) is -0.0983. The smallest absolute Gasteiger partial charge is 0.250 e. The summed E-state index contributed by atoms with van der Waals surface area (Å²) in [6.45, 7) is 12.2. The van der Waals surface area contributed by atoms with Crippen LogP contribution < -0.4 is 11.1 Å². The molecule has 0 spiro atoms. The van der Waals surface area contributed by atoms with Crippen molar-refractivity contribution in [3.63, 3.8) is 0 Å². The van der Waals surface area contributed by atoms with Crippen molar-refractivity contribution in [3.05, 3.63) is 24.8 Å². The highest BCUT2D eigenvalue weighted by Gasteiger charge is 2.13. The molecule has 1 amide bonds. The van der Waals surface area contributed by atoms with Gasteiger partial charge in [-0.1, -0.05) is 83.9 Å². The van der Waals surface area contributed by atoms with E-state index < -0.39 is 0 Å². The van der Waals surface area contributed by atoms with E-state index in [1.807, 2.05) is 0 Å². The van der Waals surface area contributed by atoms with Crippen molar-refractivity contribution in [1.29, 1.82) is 0 Å². The third-order valence-electron chi connectivity index (χ3n) is 4.81. The van der Waals surface area contributed by atoms with Crippen LogP contribution in [-0.4, -0.2) is 18.0 Å². The summed E-state index contributed by atoms with van der Waals surface area (Å²) in [6, 6.07) is 0. The van der Waals surface area contributed by atoms with E-state index in [4.69, 9.17) is 5.73 Å². The van der Waals surface area contributed by atoms with Crippen LogP contribution in [0.4, 0.5) is 0 Å². The zero-order valence-corrected chi connectivity index (χ0v) is 16.2. The first-order chi connectivity index (χ1) is 11.4. The van der Waals surface area contributed by atoms with Gasteiger partial charge in [0.25, 0.3) is 5.91 Å². The van der Waals surface area contributed by atoms with Gasteiger partial charge >= 0.3 is 0 Å². The number of amides is 1. The minimum absolute atomic E-state index is 0.0401. The van der Waals surface area contributed by atoms with Crippen molar-refractivity contribution in [2.75, 3.05) is 6.54 Å². The predicted molar refractivity (Wildman–Crippen MR) is 106 cm³/mol. The zero-order valence-electron chi connectivity index (χ0n) is 16.2. The lowest BCUT2D eigenvalue weighted by molar-refractivity contribution is -0.117. The molecule has 0 radical (unpaired) electrons. The summed E-state index contributed by atoms with van der Waals surface area (Å²) in [5.41, 5.74) is 6.64. The fourth-order valence-electron chi connectivity index (χ4n) is 2.65. The van der Waals surface area contributed by atoms with E-state index in [0.29, 0.717) is 5.57 Å². The van der Waals surface area contributed by atoms with Crippen LogP contribution in [0.2, 0.25) is 0 Å². The van der Waals surface area contributed by atoms with Crippen LogP contribution in [0.15, 0.2) is 24.8 Å². The van der Waals surface area contributed by atoms with Gasteiger partial charge in [-0.3, -0.25) is 4.79 Å². The SMILES string of the molecule is C=CC(=C)C(=O)NCCCCCCCCCCCCC(C)(N)CC. The van der Waals surface area contributed by atoms with E-state index in [1.54, 1.807) is 0 Å². The van der Waals surface area contributed by atoms with E-state index in [2.05, 4.69) is 32.3 Å². The Morgan fingerprint density at radius 1 is 1.00 bits per heavy atom. The van der Waals surface area contributed by atoms with Crippen LogP contribution in [0.5, 0.6) is 0 Å². The van der Waals surface area contributed by atoms with E-state index in [9.17, 15) is 4.79 Å². The maximum absolute atomic E-state index is 11.4. The molecule has 0 bridgehead atoms. The van der Waals surface area contributed by atoms with Crippen LogP contribution in [-0.2, 0) is 4.79 Å². The van der Waals surface area contributed by atoms with Gasteiger partial charge in [0.2, 0.25) is 0 Å². The van der Waals surface area contributed by atoms with Crippen molar-refractivity contribution < 1.29 is 4.79 Å². The van der Waals surface area contributed by atoms with Crippen LogP contribution in [0.25, 0.3) is 0 Å². The Morgan fingerprint density at radius 2 is 1.46 bits per heavy atom. The van der Waals surface area contributed by atoms with Crippen molar-refractivity contribution in [1.82, 2.24) is 5.32 Å². The van der Waals surface area contributed by atoms with Crippen molar-refractivity contribution in [2.24, 2.45) is 5.73 Å². The van der Waals surface area contributed by atoms with Gasteiger partial charge in [-0.2, -0.15) is 0 Å². The predicted octanol–water partition coefficient (Wildman–Crippen LogP) is 5.26. The molecule has 0 saturated carbocycles. The molecule has 0 heterocycles. The standard InChI is InChI=1S/C21H40N2O/c1-5-19(3)20(24)23-18-16-14-12-10-8-7-9-11-13-15-17-21(4,22)6-2/h5H,1,3,6-18,22H2,2,4H3,(H,23,24). The Kier molecular flexibility index (Phi) is 13.6. The summed E-state index contributed by atoms with van der Waals surface area (Å²) in [5, 5.41) is 2.86. The molecule has 1 unspecified atom stereocenters. The van der Waals surface area contributed by atoms with Gasteiger partial charge in [-0.25, -0.2) is 0 Å². The second-order valence-electron chi connectivity index (χ2n) is 7.28. The summed E-state index contributed by atoms with van der Waals surface area (Å²) in [4.78, 5) is 11.4. The molecule has 0 saturated heterocycles. The van der Waals surface area contributed by atoms with Gasteiger partial charge in [0.05, 0.1) is 0 Å². The minimum Gasteiger partial charge on any atom is -0.352 e. The van der Waals surface area contributed by atoms with Crippen LogP contribution in [0, 0.1) is 0 Å². The molecule has 0 aliphatic carbocycles. The molecule has 0 aromatic rings. The first kappa shape index (κ1) is 22.9. The first-order valence-electron chi connectivity index (χ1n) is 9.81. The van der Waals surface area contributed by atoms with E-state index in [-0.39, 0.29) is 11.4 Å². The average molecular weight is 337 g/mol. The maximum atomic E-state index is 11.4. The number of hydrogen-bond donors (Lipinski definition) is 2. The molecule has 24 heavy (non-hydrogen) atoms. The van der Waals surface area contributed by atoms with Gasteiger partial charge in [0.15, 0.2) is 0 Å². The minimum atomic E-state index is -0.0983. The Morgan fingerprint density at radius 3 is 1.92 bits per heavy atom. The number of rotatable bonds is 16. The highest BCUT2D eigenvalue weighted by molar-refractivity contribution is 5.95. The summed E-state index contributed by atoms with van der Waals surface area (Å²) < 4.78 is 0. The van der Waals surface area contributed by atoms with Gasteiger partial charge in [0, 0.05) is 17.7 Å². The second kappa shape index (κ2) is 14.3. The highest BCUT2D eigenvalue weighted by atomic mass is 16.1. The van der Waals surface area contributed by atoms with Gasteiger partial charge in [0.1, 0.15) is 0 Å². The van der Waals surface area contributed by atoms with Crippen LogP contribution in [0.1, 0.15) is 90.9 Å². The fraction of sp³-hybridized carbons (Fsp3) is 0.762. The number of nitrogens with two attached hydrogens (primary N) is 1. The molecular formula is C21H40N2O. The summed E-state index contributed by atoms with van der Waals surface area (Å²) >= 11 is 0. The molecular weight excluding hydrogens is 296 g/mol. The molecule has 0 rings (SSSR count). The van der Waals surface area contributed by atoms with E-state index in [0.717, 1.165) is 25.8 Å². The quantitative estimate of drug-likeness (QED) is 0.229. The normalized spacial score (nSPS) is 13.3.